The number of nitro benzene ring substituents is 1. The highest BCUT2D eigenvalue weighted by molar-refractivity contribution is 5.99. The molecule has 0 spiro atoms. The molecule has 0 aliphatic rings. The van der Waals surface area contributed by atoms with Gasteiger partial charge in [-0.1, -0.05) is 6.07 Å². The number of nitrogens with zero attached hydrogens (tertiary/aromatic N) is 1. The Bertz CT molecular complexity index is 578. The summed E-state index contributed by atoms with van der Waals surface area (Å²) in [6, 6.07) is 3.60. The van der Waals surface area contributed by atoms with Gasteiger partial charge in [-0.2, -0.15) is 0 Å². The van der Waals surface area contributed by atoms with Crippen molar-refractivity contribution >= 4 is 17.5 Å². The van der Waals surface area contributed by atoms with Gasteiger partial charge in [-0.15, -0.1) is 0 Å². The number of phenolic OH excluding ortho intramolecular Hbond substituents is 1. The summed E-state index contributed by atoms with van der Waals surface area (Å²) in [5, 5.41) is 25.3. The Morgan fingerprint density at radius 2 is 1.95 bits per heavy atom. The van der Waals surface area contributed by atoms with Crippen molar-refractivity contribution < 1.29 is 19.6 Å². The van der Waals surface area contributed by atoms with Gasteiger partial charge in [0.25, 0.3) is 5.91 Å². The molecule has 1 aromatic carbocycles. The third-order valence-electron chi connectivity index (χ3n) is 2.38. The average molecular weight is 295 g/mol. The molecular formula is C13H17N3O5. The molecule has 8 nitrogen and oxygen atoms in total. The van der Waals surface area contributed by atoms with Gasteiger partial charge >= 0.3 is 5.69 Å². The van der Waals surface area contributed by atoms with Crippen LogP contribution in [0.25, 0.3) is 0 Å². The number of para-hydroxylation sites is 1. The Morgan fingerprint density at radius 3 is 2.48 bits per heavy atom. The summed E-state index contributed by atoms with van der Waals surface area (Å²) in [5.74, 6) is -1.89. The minimum absolute atomic E-state index is 0.257. The van der Waals surface area contributed by atoms with E-state index in [1.54, 1.807) is 20.8 Å². The molecule has 8 heteroatoms. The van der Waals surface area contributed by atoms with Crippen molar-refractivity contribution in [1.29, 1.82) is 0 Å². The van der Waals surface area contributed by atoms with Gasteiger partial charge in [0.1, 0.15) is 0 Å². The van der Waals surface area contributed by atoms with Gasteiger partial charge in [0, 0.05) is 11.6 Å². The lowest BCUT2D eigenvalue weighted by molar-refractivity contribution is -0.385. The highest BCUT2D eigenvalue weighted by Gasteiger charge is 2.21. The number of amides is 2. The quantitative estimate of drug-likeness (QED) is 0.564. The Labute approximate surface area is 121 Å². The third-order valence-corrected chi connectivity index (χ3v) is 2.38. The molecule has 2 amide bonds. The largest absolute Gasteiger partial charge is 0.502 e. The highest BCUT2D eigenvalue weighted by atomic mass is 16.6. The van der Waals surface area contributed by atoms with Gasteiger partial charge in [0.05, 0.1) is 17.0 Å². The van der Waals surface area contributed by atoms with E-state index in [1.807, 2.05) is 0 Å². The molecule has 0 bridgehead atoms. The fourth-order valence-electron chi connectivity index (χ4n) is 1.58. The lowest BCUT2D eigenvalue weighted by Gasteiger charge is -2.20. The molecule has 0 saturated heterocycles. The zero-order valence-corrected chi connectivity index (χ0v) is 12.0. The van der Waals surface area contributed by atoms with Crippen molar-refractivity contribution in [1.82, 2.24) is 10.6 Å². The van der Waals surface area contributed by atoms with E-state index < -0.39 is 33.7 Å². The predicted octanol–water partition coefficient (Wildman–Crippen LogP) is 0.945. The molecular weight excluding hydrogens is 278 g/mol. The van der Waals surface area contributed by atoms with Gasteiger partial charge in [-0.3, -0.25) is 19.7 Å². The van der Waals surface area contributed by atoms with E-state index in [9.17, 15) is 24.8 Å². The van der Waals surface area contributed by atoms with Crippen molar-refractivity contribution in [3.05, 3.63) is 33.9 Å². The van der Waals surface area contributed by atoms with Crippen molar-refractivity contribution in [2.45, 2.75) is 26.3 Å². The number of nitrogens with one attached hydrogen (secondary N) is 2. The Balaban J connectivity index is 2.75. The topological polar surface area (TPSA) is 122 Å². The van der Waals surface area contributed by atoms with Crippen LogP contribution in [0.1, 0.15) is 31.1 Å². The molecule has 3 N–H and O–H groups in total. The summed E-state index contributed by atoms with van der Waals surface area (Å²) in [6.45, 7) is 5.08. The zero-order chi connectivity index (χ0) is 16.2. The van der Waals surface area contributed by atoms with E-state index >= 15 is 0 Å². The van der Waals surface area contributed by atoms with Crippen molar-refractivity contribution in [2.24, 2.45) is 0 Å². The molecule has 0 aromatic heterocycles. The maximum atomic E-state index is 11.8. The summed E-state index contributed by atoms with van der Waals surface area (Å²) in [4.78, 5) is 33.3. The number of hydrogen-bond acceptors (Lipinski definition) is 5. The van der Waals surface area contributed by atoms with Crippen molar-refractivity contribution in [2.75, 3.05) is 6.54 Å². The fourth-order valence-corrected chi connectivity index (χ4v) is 1.58. The first-order valence-electron chi connectivity index (χ1n) is 6.17. The summed E-state index contributed by atoms with van der Waals surface area (Å²) in [6.07, 6.45) is 0. The van der Waals surface area contributed by atoms with E-state index in [1.165, 1.54) is 12.1 Å². The summed E-state index contributed by atoms with van der Waals surface area (Å²) in [7, 11) is 0. The minimum Gasteiger partial charge on any atom is -0.502 e. The zero-order valence-electron chi connectivity index (χ0n) is 12.0. The molecule has 114 valence electrons. The smallest absolute Gasteiger partial charge is 0.311 e. The molecule has 0 unspecified atom stereocenters. The standard InChI is InChI=1S/C13H17N3O5/c1-13(2,3)15-10(17)7-14-12(19)8-5-4-6-9(11(8)18)16(20)21/h4-6,18H,7H2,1-3H3,(H,14,19)(H,15,17). The number of aromatic hydroxyl groups is 1. The highest BCUT2D eigenvalue weighted by Crippen LogP contribution is 2.28. The van der Waals surface area contributed by atoms with E-state index in [-0.39, 0.29) is 12.1 Å². The number of benzene rings is 1. The van der Waals surface area contributed by atoms with Crippen LogP contribution in [0.5, 0.6) is 5.75 Å². The van der Waals surface area contributed by atoms with Crippen molar-refractivity contribution in [3.63, 3.8) is 0 Å². The third kappa shape index (κ3) is 4.75. The molecule has 0 saturated carbocycles. The normalized spacial score (nSPS) is 10.8. The number of hydrogen-bond donors (Lipinski definition) is 3. The van der Waals surface area contributed by atoms with Crippen LogP contribution in [-0.2, 0) is 4.79 Å². The SMILES string of the molecule is CC(C)(C)NC(=O)CNC(=O)c1cccc([N+](=O)[O-])c1O. The maximum Gasteiger partial charge on any atom is 0.311 e. The van der Waals surface area contributed by atoms with Gasteiger partial charge in [-0.05, 0) is 26.8 Å². The van der Waals surface area contributed by atoms with Crippen LogP contribution in [0.2, 0.25) is 0 Å². The summed E-state index contributed by atoms with van der Waals surface area (Å²) < 4.78 is 0. The van der Waals surface area contributed by atoms with Gasteiger partial charge in [0.15, 0.2) is 0 Å². The minimum atomic E-state index is -0.793. The Hall–Kier alpha value is -2.64. The predicted molar refractivity (Wildman–Crippen MR) is 75.0 cm³/mol. The molecule has 1 aromatic rings. The van der Waals surface area contributed by atoms with Gasteiger partial charge in [0.2, 0.25) is 11.7 Å². The molecule has 0 atom stereocenters. The van der Waals surface area contributed by atoms with Gasteiger partial charge in [-0.25, -0.2) is 0 Å². The second-order valence-electron chi connectivity index (χ2n) is 5.41. The van der Waals surface area contributed by atoms with E-state index in [4.69, 9.17) is 0 Å². The monoisotopic (exact) mass is 295 g/mol. The maximum absolute atomic E-state index is 11.8. The van der Waals surface area contributed by atoms with Crippen molar-refractivity contribution in [3.8, 4) is 5.75 Å². The van der Waals surface area contributed by atoms with Crippen LogP contribution in [0.15, 0.2) is 18.2 Å². The molecule has 0 fully saturated rings. The molecule has 0 aliphatic carbocycles. The number of carbonyl (C=O) groups excluding carboxylic acids is 2. The van der Waals surface area contributed by atoms with Crippen LogP contribution in [0, 0.1) is 10.1 Å². The van der Waals surface area contributed by atoms with E-state index in [0.29, 0.717) is 0 Å². The first kappa shape index (κ1) is 16.4. The lowest BCUT2D eigenvalue weighted by atomic mass is 10.1. The van der Waals surface area contributed by atoms with E-state index in [2.05, 4.69) is 10.6 Å². The molecule has 1 rings (SSSR count). The van der Waals surface area contributed by atoms with Crippen LogP contribution in [0.4, 0.5) is 5.69 Å². The first-order chi connectivity index (χ1) is 9.61. The molecule has 21 heavy (non-hydrogen) atoms. The van der Waals surface area contributed by atoms with Crippen LogP contribution < -0.4 is 10.6 Å². The summed E-state index contributed by atoms with van der Waals surface area (Å²) >= 11 is 0. The van der Waals surface area contributed by atoms with Crippen LogP contribution >= 0.6 is 0 Å². The summed E-state index contributed by atoms with van der Waals surface area (Å²) in [5.41, 5.74) is -1.26. The second kappa shape index (κ2) is 6.21. The Kier molecular flexibility index (Phi) is 4.85. The second-order valence-corrected chi connectivity index (χ2v) is 5.41. The number of rotatable bonds is 4. The lowest BCUT2D eigenvalue weighted by Crippen LogP contribution is -2.45. The Morgan fingerprint density at radius 1 is 1.33 bits per heavy atom. The molecule has 0 radical (unpaired) electrons. The van der Waals surface area contributed by atoms with Gasteiger partial charge < -0.3 is 15.7 Å². The number of carbonyl (C=O) groups is 2. The number of nitro groups is 1. The number of phenols is 1. The molecule has 0 heterocycles. The van der Waals surface area contributed by atoms with Crippen LogP contribution in [-0.4, -0.2) is 33.9 Å². The first-order valence-corrected chi connectivity index (χ1v) is 6.17. The van der Waals surface area contributed by atoms with Crippen LogP contribution in [0.3, 0.4) is 0 Å². The fraction of sp³-hybridized carbons (Fsp3) is 0.385. The molecule has 0 aliphatic heterocycles. The van der Waals surface area contributed by atoms with E-state index in [0.717, 1.165) is 6.07 Å². The average Bonchev–Trinajstić information content (AvgIpc) is 2.33.